The highest BCUT2D eigenvalue weighted by atomic mass is 16.7. The van der Waals surface area contributed by atoms with Crippen LogP contribution in [-0.4, -0.2) is 28.2 Å². The predicted octanol–water partition coefficient (Wildman–Crippen LogP) is 0.807. The number of hydrogen-bond donors (Lipinski definition) is 0. The van der Waals surface area contributed by atoms with Crippen LogP contribution in [0, 0.1) is 0 Å². The van der Waals surface area contributed by atoms with E-state index in [4.69, 9.17) is 9.47 Å². The second-order valence-electron chi connectivity index (χ2n) is 2.10. The van der Waals surface area contributed by atoms with Crippen LogP contribution >= 0.6 is 0 Å². The molecule has 0 aromatic carbocycles. The third-order valence-electron chi connectivity index (χ3n) is 1.28. The van der Waals surface area contributed by atoms with Crippen molar-refractivity contribution >= 4 is 0 Å². The van der Waals surface area contributed by atoms with E-state index in [9.17, 15) is 0 Å². The number of rotatable bonds is 5. The van der Waals surface area contributed by atoms with E-state index in [0.717, 1.165) is 0 Å². The number of hydrogen-bond acceptors (Lipinski definition) is 4. The molecule has 1 heterocycles. The summed E-state index contributed by atoms with van der Waals surface area (Å²) in [5, 5.41) is 7.43. The maximum atomic E-state index is 5.26. The van der Waals surface area contributed by atoms with Gasteiger partial charge in [-0.05, 0) is 13.8 Å². The summed E-state index contributed by atoms with van der Waals surface area (Å²) in [6.45, 7) is 4.99. The molecule has 0 spiro atoms. The highest BCUT2D eigenvalue weighted by Crippen LogP contribution is 2.06. The average Bonchev–Trinajstić information content (AvgIpc) is 2.56. The quantitative estimate of drug-likeness (QED) is 0.615. The zero-order chi connectivity index (χ0) is 8.81. The molecule has 5 nitrogen and oxygen atoms in total. The normalized spacial score (nSPS) is 10.9. The third-order valence-corrected chi connectivity index (χ3v) is 1.28. The topological polar surface area (TPSA) is 49.2 Å². The maximum Gasteiger partial charge on any atom is 0.261 e. The maximum absolute atomic E-state index is 5.26. The molecule has 0 aliphatic carbocycles. The Labute approximate surface area is 71.3 Å². The highest BCUT2D eigenvalue weighted by Gasteiger charge is 2.09. The van der Waals surface area contributed by atoms with E-state index in [0.29, 0.717) is 13.2 Å². The van der Waals surface area contributed by atoms with Crippen LogP contribution < -0.4 is 0 Å². The van der Waals surface area contributed by atoms with Gasteiger partial charge in [-0.25, -0.2) is 0 Å². The van der Waals surface area contributed by atoms with E-state index >= 15 is 0 Å². The van der Waals surface area contributed by atoms with Crippen molar-refractivity contribution in [2.24, 2.45) is 0 Å². The van der Waals surface area contributed by atoms with Crippen molar-refractivity contribution in [3.63, 3.8) is 0 Å². The molecule has 0 bridgehead atoms. The Bertz CT molecular complexity index is 194. The molecule has 0 radical (unpaired) electrons. The van der Waals surface area contributed by atoms with Gasteiger partial charge in [0.25, 0.3) is 6.41 Å². The Hall–Kier alpha value is -0.940. The molecule has 0 fully saturated rings. The molecule has 12 heavy (non-hydrogen) atoms. The minimum Gasteiger partial charge on any atom is -0.334 e. The summed E-state index contributed by atoms with van der Waals surface area (Å²) in [4.78, 5) is 0. The van der Waals surface area contributed by atoms with Crippen LogP contribution in [0.25, 0.3) is 0 Å². The van der Waals surface area contributed by atoms with Gasteiger partial charge in [-0.2, -0.15) is 4.68 Å². The standard InChI is InChI=1S/C7H13N3O2/c1-3-11-7(12-4-2)10-6-5-8-9-10/h5-7H,3-4H2,1-2H3. The molecule has 0 aliphatic heterocycles. The molecule has 1 aromatic rings. The van der Waals surface area contributed by atoms with Gasteiger partial charge in [0.05, 0.1) is 12.4 Å². The van der Waals surface area contributed by atoms with E-state index < -0.39 is 6.41 Å². The molecule has 1 rings (SSSR count). The number of ether oxygens (including phenoxy) is 2. The Balaban J connectivity index is 2.53. The van der Waals surface area contributed by atoms with Crippen LogP contribution in [0.4, 0.5) is 0 Å². The van der Waals surface area contributed by atoms with Gasteiger partial charge in [0, 0.05) is 13.2 Å². The lowest BCUT2D eigenvalue weighted by molar-refractivity contribution is -0.192. The van der Waals surface area contributed by atoms with Crippen molar-refractivity contribution in [3.8, 4) is 0 Å². The summed E-state index contributed by atoms with van der Waals surface area (Å²) in [6.07, 6.45) is 2.85. The summed E-state index contributed by atoms with van der Waals surface area (Å²) < 4.78 is 12.1. The van der Waals surface area contributed by atoms with E-state index in [2.05, 4.69) is 10.3 Å². The van der Waals surface area contributed by atoms with E-state index in [1.54, 1.807) is 12.4 Å². The minimum absolute atomic E-state index is 0.442. The number of nitrogens with zero attached hydrogens (tertiary/aromatic N) is 3. The molecule has 68 valence electrons. The Kier molecular flexibility index (Phi) is 3.69. The molecule has 1 aromatic heterocycles. The summed E-state index contributed by atoms with van der Waals surface area (Å²) >= 11 is 0. The van der Waals surface area contributed by atoms with Gasteiger partial charge in [0.15, 0.2) is 0 Å². The first-order valence-electron chi connectivity index (χ1n) is 3.97. The fraction of sp³-hybridized carbons (Fsp3) is 0.714. The fourth-order valence-electron chi connectivity index (χ4n) is 0.816. The zero-order valence-electron chi connectivity index (χ0n) is 7.30. The minimum atomic E-state index is -0.442. The first kappa shape index (κ1) is 9.15. The lowest BCUT2D eigenvalue weighted by atomic mass is 10.8. The molecule has 0 saturated heterocycles. The monoisotopic (exact) mass is 171 g/mol. The zero-order valence-corrected chi connectivity index (χ0v) is 7.30. The highest BCUT2D eigenvalue weighted by molar-refractivity contribution is 4.64. The van der Waals surface area contributed by atoms with Crippen LogP contribution in [0.3, 0.4) is 0 Å². The smallest absolute Gasteiger partial charge is 0.261 e. The van der Waals surface area contributed by atoms with Crippen molar-refractivity contribution < 1.29 is 9.47 Å². The SMILES string of the molecule is CCOC(OCC)n1ccnn1. The lowest BCUT2D eigenvalue weighted by Gasteiger charge is -2.15. The van der Waals surface area contributed by atoms with Crippen LogP contribution in [0.1, 0.15) is 20.3 Å². The van der Waals surface area contributed by atoms with Gasteiger partial charge in [0.2, 0.25) is 0 Å². The van der Waals surface area contributed by atoms with Crippen molar-refractivity contribution in [1.29, 1.82) is 0 Å². The van der Waals surface area contributed by atoms with Crippen LogP contribution in [-0.2, 0) is 9.47 Å². The van der Waals surface area contributed by atoms with Gasteiger partial charge >= 0.3 is 0 Å². The number of aromatic nitrogens is 3. The molecule has 5 heteroatoms. The molecular formula is C7H13N3O2. The summed E-state index contributed by atoms with van der Waals surface area (Å²) in [6, 6.07) is 0. The average molecular weight is 171 g/mol. The lowest BCUT2D eigenvalue weighted by Crippen LogP contribution is -2.17. The van der Waals surface area contributed by atoms with Crippen molar-refractivity contribution in [2.45, 2.75) is 20.3 Å². The molecule has 0 N–H and O–H groups in total. The van der Waals surface area contributed by atoms with E-state index in [1.165, 1.54) is 4.68 Å². The molecule has 0 amide bonds. The second-order valence-corrected chi connectivity index (χ2v) is 2.10. The summed E-state index contributed by atoms with van der Waals surface area (Å²) in [7, 11) is 0. The van der Waals surface area contributed by atoms with E-state index in [1.807, 2.05) is 13.8 Å². The van der Waals surface area contributed by atoms with Gasteiger partial charge in [0.1, 0.15) is 0 Å². The van der Waals surface area contributed by atoms with E-state index in [-0.39, 0.29) is 0 Å². The van der Waals surface area contributed by atoms with Crippen LogP contribution in [0.15, 0.2) is 12.4 Å². The largest absolute Gasteiger partial charge is 0.334 e. The Morgan fingerprint density at radius 2 is 2.00 bits per heavy atom. The van der Waals surface area contributed by atoms with Crippen LogP contribution in [0.5, 0.6) is 0 Å². The summed E-state index contributed by atoms with van der Waals surface area (Å²) in [5.74, 6) is 0. The van der Waals surface area contributed by atoms with Crippen molar-refractivity contribution in [3.05, 3.63) is 12.4 Å². The first-order chi connectivity index (χ1) is 5.88. The fourth-order valence-corrected chi connectivity index (χ4v) is 0.816. The molecule has 0 saturated carbocycles. The first-order valence-corrected chi connectivity index (χ1v) is 3.97. The van der Waals surface area contributed by atoms with Crippen molar-refractivity contribution in [1.82, 2.24) is 15.0 Å². The molecule has 0 atom stereocenters. The Morgan fingerprint density at radius 3 is 2.42 bits per heavy atom. The predicted molar refractivity (Wildman–Crippen MR) is 42.3 cm³/mol. The van der Waals surface area contributed by atoms with Gasteiger partial charge < -0.3 is 9.47 Å². The van der Waals surface area contributed by atoms with Gasteiger partial charge in [-0.15, -0.1) is 5.10 Å². The Morgan fingerprint density at radius 1 is 1.33 bits per heavy atom. The summed E-state index contributed by atoms with van der Waals surface area (Å²) in [5.41, 5.74) is 0. The molecule has 0 unspecified atom stereocenters. The van der Waals surface area contributed by atoms with Crippen molar-refractivity contribution in [2.75, 3.05) is 13.2 Å². The van der Waals surface area contributed by atoms with Gasteiger partial charge in [-0.3, -0.25) is 0 Å². The second kappa shape index (κ2) is 4.84. The van der Waals surface area contributed by atoms with Crippen LogP contribution in [0.2, 0.25) is 0 Å². The molecule has 0 aliphatic rings. The molecular weight excluding hydrogens is 158 g/mol. The third kappa shape index (κ3) is 2.28. The van der Waals surface area contributed by atoms with Gasteiger partial charge in [-0.1, -0.05) is 5.21 Å².